The summed E-state index contributed by atoms with van der Waals surface area (Å²) in [7, 11) is 0. The third-order valence-corrected chi connectivity index (χ3v) is 2.72. The number of rotatable bonds is 5. The van der Waals surface area contributed by atoms with Gasteiger partial charge in [0.1, 0.15) is 12.4 Å². The van der Waals surface area contributed by atoms with E-state index in [1.165, 1.54) is 24.3 Å². The lowest BCUT2D eigenvalue weighted by molar-refractivity contribution is -0.131. The van der Waals surface area contributed by atoms with E-state index in [1.807, 2.05) is 0 Å². The molecule has 0 fully saturated rings. The van der Waals surface area contributed by atoms with Crippen molar-refractivity contribution in [3.8, 4) is 0 Å². The van der Waals surface area contributed by atoms with Crippen LogP contribution in [0.5, 0.6) is 0 Å². The third-order valence-electron chi connectivity index (χ3n) is 2.72. The molecular weight excluding hydrogens is 275 g/mol. The van der Waals surface area contributed by atoms with Crippen molar-refractivity contribution in [1.82, 2.24) is 4.57 Å². The molecule has 1 amide bonds. The topological polar surface area (TPSA) is 71.3 Å². The monoisotopic (exact) mass is 288 g/mol. The number of carbonyl (C=O) groups is 2. The number of hydrogen-bond acceptors (Lipinski definition) is 2. The van der Waals surface area contributed by atoms with Gasteiger partial charge < -0.3 is 15.0 Å². The zero-order valence-corrected chi connectivity index (χ0v) is 11.0. The molecule has 0 saturated heterocycles. The number of nitrogens with one attached hydrogen (secondary N) is 1. The second-order valence-electron chi connectivity index (χ2n) is 4.26. The standard InChI is InChI=1S/C15H13FN2O3/c16-12-5-1-2-6-13(12)17-14(19)10-18-9-3-4-11(18)7-8-15(20)21/h1-9H,10H2,(H,17,19)(H,20,21)/b8-7+. The molecule has 0 saturated carbocycles. The smallest absolute Gasteiger partial charge is 0.328 e. The first-order valence-corrected chi connectivity index (χ1v) is 6.17. The van der Waals surface area contributed by atoms with Crippen molar-refractivity contribution in [2.75, 3.05) is 5.32 Å². The Morgan fingerprint density at radius 3 is 2.71 bits per heavy atom. The highest BCUT2D eigenvalue weighted by atomic mass is 19.1. The molecule has 1 aromatic carbocycles. The molecule has 6 heteroatoms. The van der Waals surface area contributed by atoms with Crippen LogP contribution in [0.1, 0.15) is 5.69 Å². The molecular formula is C15H13FN2O3. The molecule has 0 spiro atoms. The minimum atomic E-state index is -1.07. The maximum atomic E-state index is 13.4. The van der Waals surface area contributed by atoms with Gasteiger partial charge in [-0.3, -0.25) is 4.79 Å². The van der Waals surface area contributed by atoms with Gasteiger partial charge in [0.2, 0.25) is 5.91 Å². The number of anilines is 1. The van der Waals surface area contributed by atoms with Crippen LogP contribution in [0.25, 0.3) is 6.08 Å². The fraction of sp³-hybridized carbons (Fsp3) is 0.0667. The summed E-state index contributed by atoms with van der Waals surface area (Å²) in [6.45, 7) is -0.0410. The molecule has 2 aromatic rings. The summed E-state index contributed by atoms with van der Waals surface area (Å²) < 4.78 is 15.0. The first-order chi connectivity index (χ1) is 10.1. The van der Waals surface area contributed by atoms with Crippen molar-refractivity contribution in [2.45, 2.75) is 6.54 Å². The van der Waals surface area contributed by atoms with Crippen LogP contribution in [0.15, 0.2) is 48.7 Å². The average molecular weight is 288 g/mol. The Balaban J connectivity index is 2.05. The minimum absolute atomic E-state index is 0.0410. The molecule has 1 heterocycles. The van der Waals surface area contributed by atoms with Gasteiger partial charge in [0.15, 0.2) is 0 Å². The number of carboxylic acids is 1. The SMILES string of the molecule is O=C(O)/C=C/c1cccn1CC(=O)Nc1ccccc1F. The minimum Gasteiger partial charge on any atom is -0.478 e. The van der Waals surface area contributed by atoms with E-state index in [1.54, 1.807) is 29.0 Å². The summed E-state index contributed by atoms with van der Waals surface area (Å²) >= 11 is 0. The number of aromatic nitrogens is 1. The molecule has 0 aliphatic carbocycles. The van der Waals surface area contributed by atoms with Gasteiger partial charge in [0.25, 0.3) is 0 Å². The summed E-state index contributed by atoms with van der Waals surface area (Å²) in [6, 6.07) is 9.25. The Labute approximate surface area is 120 Å². The number of halogens is 1. The van der Waals surface area contributed by atoms with Gasteiger partial charge in [-0.25, -0.2) is 9.18 Å². The van der Waals surface area contributed by atoms with Crippen LogP contribution in [0.4, 0.5) is 10.1 Å². The van der Waals surface area contributed by atoms with Crippen molar-refractivity contribution >= 4 is 23.6 Å². The van der Waals surface area contributed by atoms with Gasteiger partial charge in [-0.2, -0.15) is 0 Å². The molecule has 21 heavy (non-hydrogen) atoms. The number of amides is 1. The van der Waals surface area contributed by atoms with Gasteiger partial charge in [-0.1, -0.05) is 12.1 Å². The molecule has 108 valence electrons. The molecule has 0 atom stereocenters. The predicted molar refractivity (Wildman–Crippen MR) is 76.1 cm³/mol. The molecule has 0 unspecified atom stereocenters. The van der Waals surface area contributed by atoms with Crippen molar-refractivity contribution < 1.29 is 19.1 Å². The number of benzene rings is 1. The van der Waals surface area contributed by atoms with Crippen molar-refractivity contribution in [3.63, 3.8) is 0 Å². The number of carboxylic acid groups (broad SMARTS) is 1. The van der Waals surface area contributed by atoms with E-state index < -0.39 is 17.7 Å². The van der Waals surface area contributed by atoms with E-state index >= 15 is 0 Å². The maximum absolute atomic E-state index is 13.4. The fourth-order valence-corrected chi connectivity index (χ4v) is 1.79. The van der Waals surface area contributed by atoms with E-state index in [0.717, 1.165) is 6.08 Å². The van der Waals surface area contributed by atoms with Crippen LogP contribution in [0.2, 0.25) is 0 Å². The van der Waals surface area contributed by atoms with Crippen molar-refractivity contribution in [3.05, 3.63) is 60.2 Å². The van der Waals surface area contributed by atoms with Crippen LogP contribution in [0.3, 0.4) is 0 Å². The molecule has 0 aliphatic rings. The zero-order valence-electron chi connectivity index (χ0n) is 11.0. The lowest BCUT2D eigenvalue weighted by Gasteiger charge is -2.08. The molecule has 2 rings (SSSR count). The number of aliphatic carboxylic acids is 1. The Hall–Kier alpha value is -2.89. The van der Waals surface area contributed by atoms with E-state index in [-0.39, 0.29) is 12.2 Å². The number of hydrogen-bond donors (Lipinski definition) is 2. The van der Waals surface area contributed by atoms with Crippen molar-refractivity contribution in [1.29, 1.82) is 0 Å². The van der Waals surface area contributed by atoms with Crippen LogP contribution >= 0.6 is 0 Å². The van der Waals surface area contributed by atoms with Gasteiger partial charge in [-0.05, 0) is 30.3 Å². The van der Waals surface area contributed by atoms with E-state index in [9.17, 15) is 14.0 Å². The molecule has 0 aliphatic heterocycles. The average Bonchev–Trinajstić information content (AvgIpc) is 2.86. The largest absolute Gasteiger partial charge is 0.478 e. The maximum Gasteiger partial charge on any atom is 0.328 e. The van der Waals surface area contributed by atoms with Crippen LogP contribution in [-0.4, -0.2) is 21.6 Å². The quantitative estimate of drug-likeness (QED) is 0.830. The highest BCUT2D eigenvalue weighted by Crippen LogP contribution is 2.13. The van der Waals surface area contributed by atoms with E-state index in [4.69, 9.17) is 5.11 Å². The van der Waals surface area contributed by atoms with E-state index in [2.05, 4.69) is 5.32 Å². The fourth-order valence-electron chi connectivity index (χ4n) is 1.79. The molecule has 2 N–H and O–H groups in total. The first kappa shape index (κ1) is 14.5. The predicted octanol–water partition coefficient (Wildman–Crippen LogP) is 2.36. The summed E-state index contributed by atoms with van der Waals surface area (Å²) in [5.41, 5.74) is 0.679. The normalized spacial score (nSPS) is 10.7. The molecule has 1 aromatic heterocycles. The van der Waals surface area contributed by atoms with Crippen LogP contribution < -0.4 is 5.32 Å². The lowest BCUT2D eigenvalue weighted by Crippen LogP contribution is -2.19. The second kappa shape index (κ2) is 6.51. The Morgan fingerprint density at radius 1 is 1.24 bits per heavy atom. The molecule has 0 bridgehead atoms. The van der Waals surface area contributed by atoms with Crippen LogP contribution in [-0.2, 0) is 16.1 Å². The van der Waals surface area contributed by atoms with E-state index in [0.29, 0.717) is 5.69 Å². The Kier molecular flexibility index (Phi) is 4.50. The Morgan fingerprint density at radius 2 is 2.00 bits per heavy atom. The second-order valence-corrected chi connectivity index (χ2v) is 4.26. The number of nitrogens with zero attached hydrogens (tertiary/aromatic N) is 1. The van der Waals surface area contributed by atoms with Crippen molar-refractivity contribution in [2.24, 2.45) is 0 Å². The number of carbonyl (C=O) groups excluding carboxylic acids is 1. The number of para-hydroxylation sites is 1. The summed E-state index contributed by atoms with van der Waals surface area (Å²) in [5, 5.41) is 11.1. The van der Waals surface area contributed by atoms with Gasteiger partial charge >= 0.3 is 5.97 Å². The van der Waals surface area contributed by atoms with Gasteiger partial charge in [-0.15, -0.1) is 0 Å². The first-order valence-electron chi connectivity index (χ1n) is 6.17. The third kappa shape index (κ3) is 4.04. The zero-order chi connectivity index (χ0) is 15.2. The lowest BCUT2D eigenvalue weighted by atomic mass is 10.3. The molecule has 0 radical (unpaired) electrons. The Bertz CT molecular complexity index is 692. The highest BCUT2D eigenvalue weighted by Gasteiger charge is 2.08. The summed E-state index contributed by atoms with van der Waals surface area (Å²) in [5.74, 6) is -1.98. The summed E-state index contributed by atoms with van der Waals surface area (Å²) in [6.07, 6.45) is 4.02. The van der Waals surface area contributed by atoms with Gasteiger partial charge in [0.05, 0.1) is 5.69 Å². The molecule has 5 nitrogen and oxygen atoms in total. The van der Waals surface area contributed by atoms with Gasteiger partial charge in [0, 0.05) is 18.0 Å². The van der Waals surface area contributed by atoms with Crippen LogP contribution in [0, 0.1) is 5.82 Å². The summed E-state index contributed by atoms with van der Waals surface area (Å²) in [4.78, 5) is 22.4. The highest BCUT2D eigenvalue weighted by molar-refractivity contribution is 5.91.